The highest BCUT2D eigenvalue weighted by atomic mass is 15.0. The van der Waals surface area contributed by atoms with Gasteiger partial charge in [0.05, 0.1) is 0 Å². The van der Waals surface area contributed by atoms with E-state index < -0.39 is 0 Å². The minimum atomic E-state index is -0.00793. The minimum Gasteiger partial charge on any atom is -0.208 e. The van der Waals surface area contributed by atoms with Crippen LogP contribution in [0.25, 0.3) is 113 Å². The Balaban J connectivity index is 0.937. The van der Waals surface area contributed by atoms with Crippen LogP contribution in [0.15, 0.2) is 206 Å². The lowest BCUT2D eigenvalue weighted by atomic mass is 9.43. The van der Waals surface area contributed by atoms with Crippen molar-refractivity contribution in [3.8, 4) is 113 Å². The van der Waals surface area contributed by atoms with Crippen LogP contribution in [0.3, 0.4) is 0 Å². The molecule has 5 aliphatic carbocycles. The number of fused-ring (bicyclic) bond motifs is 3. The molecule has 0 N–H and O–H groups in total. The second kappa shape index (κ2) is 22.1. The highest BCUT2D eigenvalue weighted by Crippen LogP contribution is 2.69. The van der Waals surface area contributed by atoms with Gasteiger partial charge in [0.2, 0.25) is 0 Å². The van der Waals surface area contributed by atoms with Crippen molar-refractivity contribution in [2.75, 3.05) is 0 Å². The van der Waals surface area contributed by atoms with Crippen molar-refractivity contribution in [2.45, 2.75) is 142 Å². The molecule has 0 amide bonds. The molecule has 1 spiro atoms. The normalized spacial score (nSPS) is 19.1. The number of benzene rings is 9. The van der Waals surface area contributed by atoms with Crippen molar-refractivity contribution in [3.63, 3.8) is 0 Å². The van der Waals surface area contributed by atoms with Gasteiger partial charge in [0.1, 0.15) is 0 Å². The van der Waals surface area contributed by atoms with E-state index >= 15 is 0 Å². The third kappa shape index (κ3) is 10.6. The van der Waals surface area contributed by atoms with Crippen molar-refractivity contribution in [2.24, 2.45) is 23.7 Å². The summed E-state index contributed by atoms with van der Waals surface area (Å²) in [6, 6.07) is 76.5. The van der Waals surface area contributed by atoms with E-state index in [9.17, 15) is 0 Å². The maximum absolute atomic E-state index is 5.45. The molecular weight excluding hydrogens is 1120 g/mol. The third-order valence-electron chi connectivity index (χ3n) is 21.1. The highest BCUT2D eigenvalue weighted by Gasteiger charge is 2.61. The Labute approximate surface area is 545 Å². The Morgan fingerprint density at radius 2 is 0.543 bits per heavy atom. The van der Waals surface area contributed by atoms with E-state index in [1.165, 1.54) is 76.6 Å². The van der Waals surface area contributed by atoms with E-state index in [-0.39, 0.29) is 27.1 Å². The summed E-state index contributed by atoms with van der Waals surface area (Å²) in [6.07, 6.45) is 6.73. The Morgan fingerprint density at radius 3 is 0.902 bits per heavy atom. The fourth-order valence-electron chi connectivity index (χ4n) is 16.3. The van der Waals surface area contributed by atoms with Gasteiger partial charge in [0.15, 0.2) is 34.9 Å². The molecule has 0 saturated heterocycles. The molecule has 16 rings (SSSR count). The van der Waals surface area contributed by atoms with E-state index in [2.05, 4.69) is 289 Å². The molecule has 0 atom stereocenters. The number of hydrogen-bond acceptors (Lipinski definition) is 6. The first-order valence-electron chi connectivity index (χ1n) is 33.6. The van der Waals surface area contributed by atoms with E-state index in [0.717, 1.165) is 73.0 Å². The smallest absolute Gasteiger partial charge is 0.164 e. The maximum Gasteiger partial charge on any atom is 0.164 e. The standard InChI is InChI=1S/C86H84N6/c1-82(2,3)62-34-25-54(26-35-62)76-87-77(55-27-36-63(37-28-55)83(4,5)6)90-80(89-76)72-22-15-13-19-68(72)60-48-59(58-33-42-71-70-21-17-18-24-74(70)86(75(71)51-58)66-44-52-43-53(46-66)47-67(86)45-52)49-61(50-60)69-20-14-16-23-73(69)81-91-78(56-29-38-64(39-30-56)84(7,8)9)88-79(92-81)57-31-40-65(41-32-57)85(10,11)12/h13-42,48-53,66-67H,43-47H2,1-12H3. The van der Waals surface area contributed by atoms with Crippen LogP contribution in [-0.4, -0.2) is 29.9 Å². The van der Waals surface area contributed by atoms with Crippen LogP contribution >= 0.6 is 0 Å². The van der Waals surface area contributed by atoms with E-state index in [0.29, 0.717) is 46.8 Å². The summed E-state index contributed by atoms with van der Waals surface area (Å²) in [5, 5.41) is 0. The molecular formula is C86H84N6. The monoisotopic (exact) mass is 1200 g/mol. The van der Waals surface area contributed by atoms with Gasteiger partial charge in [-0.1, -0.05) is 265 Å². The topological polar surface area (TPSA) is 77.3 Å². The molecule has 2 aromatic heterocycles. The number of aromatic nitrogens is 6. The first-order valence-corrected chi connectivity index (χ1v) is 33.6. The molecule has 458 valence electrons. The Morgan fingerprint density at radius 1 is 0.250 bits per heavy atom. The average molecular weight is 1200 g/mol. The maximum atomic E-state index is 5.45. The Hall–Kier alpha value is -9.00. The van der Waals surface area contributed by atoms with Gasteiger partial charge in [0, 0.05) is 38.8 Å². The van der Waals surface area contributed by atoms with Gasteiger partial charge in [0.25, 0.3) is 0 Å². The van der Waals surface area contributed by atoms with Gasteiger partial charge in [-0.25, -0.2) is 29.9 Å². The molecule has 5 aliphatic rings. The lowest BCUT2D eigenvalue weighted by Gasteiger charge is -2.61. The second-order valence-corrected chi connectivity index (χ2v) is 31.3. The molecule has 2 heterocycles. The van der Waals surface area contributed by atoms with Crippen LogP contribution < -0.4 is 0 Å². The quantitative estimate of drug-likeness (QED) is 0.143. The predicted octanol–water partition coefficient (Wildman–Crippen LogP) is 22.0. The van der Waals surface area contributed by atoms with E-state index in [4.69, 9.17) is 29.9 Å². The summed E-state index contributed by atoms with van der Waals surface area (Å²) < 4.78 is 0. The molecule has 0 radical (unpaired) electrons. The van der Waals surface area contributed by atoms with Gasteiger partial charge in [-0.15, -0.1) is 0 Å². The lowest BCUT2D eigenvalue weighted by molar-refractivity contribution is -0.0399. The first-order chi connectivity index (χ1) is 44.0. The van der Waals surface area contributed by atoms with Crippen LogP contribution in [0.4, 0.5) is 0 Å². The van der Waals surface area contributed by atoms with Crippen LogP contribution in [0.1, 0.15) is 149 Å². The van der Waals surface area contributed by atoms with Crippen molar-refractivity contribution >= 4 is 0 Å². The average Bonchev–Trinajstić information content (AvgIpc) is 1.47. The van der Waals surface area contributed by atoms with Crippen LogP contribution in [0, 0.1) is 23.7 Å². The Kier molecular flexibility index (Phi) is 14.3. The largest absolute Gasteiger partial charge is 0.208 e. The van der Waals surface area contributed by atoms with Crippen molar-refractivity contribution in [1.82, 2.24) is 29.9 Å². The van der Waals surface area contributed by atoms with Gasteiger partial charge in [-0.05, 0) is 180 Å². The van der Waals surface area contributed by atoms with Crippen LogP contribution in [0.5, 0.6) is 0 Å². The molecule has 4 fully saturated rings. The zero-order chi connectivity index (χ0) is 63.6. The van der Waals surface area contributed by atoms with Gasteiger partial charge in [-0.3, -0.25) is 0 Å². The fraction of sp³-hybridized carbons (Fsp3) is 0.302. The molecule has 0 aliphatic heterocycles. The summed E-state index contributed by atoms with van der Waals surface area (Å²) in [4.78, 5) is 32.3. The molecule has 11 aromatic rings. The molecule has 9 aromatic carbocycles. The van der Waals surface area contributed by atoms with Crippen molar-refractivity contribution < 1.29 is 0 Å². The summed E-state index contributed by atoms with van der Waals surface area (Å²) in [5.41, 5.74) is 23.1. The lowest BCUT2D eigenvalue weighted by Crippen LogP contribution is -2.55. The summed E-state index contributed by atoms with van der Waals surface area (Å²) in [6.45, 7) is 27.0. The highest BCUT2D eigenvalue weighted by molar-refractivity contribution is 5.92. The van der Waals surface area contributed by atoms with Gasteiger partial charge < -0.3 is 0 Å². The Bertz CT molecular complexity index is 4240. The molecule has 6 nitrogen and oxygen atoms in total. The van der Waals surface area contributed by atoms with Gasteiger partial charge >= 0.3 is 0 Å². The predicted molar refractivity (Wildman–Crippen MR) is 380 cm³/mol. The molecule has 92 heavy (non-hydrogen) atoms. The number of rotatable bonds is 9. The zero-order valence-corrected chi connectivity index (χ0v) is 55.7. The van der Waals surface area contributed by atoms with Crippen molar-refractivity contribution in [3.05, 3.63) is 240 Å². The zero-order valence-electron chi connectivity index (χ0n) is 55.7. The number of hydrogen-bond donors (Lipinski definition) is 0. The molecule has 4 bridgehead atoms. The van der Waals surface area contributed by atoms with Crippen LogP contribution in [0.2, 0.25) is 0 Å². The van der Waals surface area contributed by atoms with E-state index in [1.54, 1.807) is 5.56 Å². The minimum absolute atomic E-state index is 0.00793. The fourth-order valence-corrected chi connectivity index (χ4v) is 16.3. The van der Waals surface area contributed by atoms with Crippen molar-refractivity contribution in [1.29, 1.82) is 0 Å². The summed E-state index contributed by atoms with van der Waals surface area (Å²) >= 11 is 0. The van der Waals surface area contributed by atoms with Crippen LogP contribution in [-0.2, 0) is 27.1 Å². The van der Waals surface area contributed by atoms with Gasteiger partial charge in [-0.2, -0.15) is 0 Å². The first kappa shape index (κ1) is 59.3. The molecule has 0 unspecified atom stereocenters. The number of nitrogens with zero attached hydrogens (tertiary/aromatic N) is 6. The third-order valence-corrected chi connectivity index (χ3v) is 21.1. The van der Waals surface area contributed by atoms with E-state index in [1.807, 2.05) is 0 Å². The molecule has 4 saturated carbocycles. The molecule has 6 heteroatoms. The SMILES string of the molecule is CC(C)(C)c1ccc(-c2nc(-c3ccc(C(C)(C)C)cc3)nc(-c3ccccc3-c3cc(-c4ccc5c(c4)C4(c6ccccc6-5)C5CC6CC(C5)CC4C6)cc(-c4ccccc4-c4nc(-c5ccc(C(C)(C)C)cc5)nc(-c5ccc(C(C)(C)C)cc5)n4)c3)n2)cc1. The summed E-state index contributed by atoms with van der Waals surface area (Å²) in [7, 11) is 0. The second-order valence-electron chi connectivity index (χ2n) is 31.3. The summed E-state index contributed by atoms with van der Waals surface area (Å²) in [5.74, 6) is 6.74.